The Labute approximate surface area is 123 Å². The van der Waals surface area contributed by atoms with Gasteiger partial charge in [0, 0.05) is 6.07 Å². The lowest BCUT2D eigenvalue weighted by Crippen LogP contribution is -2.26. The Bertz CT molecular complexity index is 567. The molecule has 2 aromatic heterocycles. The summed E-state index contributed by atoms with van der Waals surface area (Å²) in [6.07, 6.45) is 1.38. The molecular formula is C12H18ClN5O2. The highest BCUT2D eigenvalue weighted by molar-refractivity contribution is 5.85. The number of hydrogen-bond acceptors (Lipinski definition) is 7. The first-order valence-electron chi connectivity index (χ1n) is 5.87. The molecule has 0 unspecified atom stereocenters. The third-order valence-corrected chi connectivity index (χ3v) is 2.72. The minimum atomic E-state index is -0.336. The molecule has 2 N–H and O–H groups in total. The average molecular weight is 300 g/mol. The van der Waals surface area contributed by atoms with Crippen molar-refractivity contribution in [3.8, 4) is 17.4 Å². The van der Waals surface area contributed by atoms with Gasteiger partial charge in [0.2, 0.25) is 17.6 Å². The van der Waals surface area contributed by atoms with Crippen LogP contribution in [0.1, 0.15) is 32.7 Å². The molecule has 2 heterocycles. The maximum absolute atomic E-state index is 6.07. The van der Waals surface area contributed by atoms with Crippen LogP contribution >= 0.6 is 12.4 Å². The van der Waals surface area contributed by atoms with E-state index in [1.807, 2.05) is 20.8 Å². The van der Waals surface area contributed by atoms with E-state index in [2.05, 4.69) is 20.1 Å². The predicted octanol–water partition coefficient (Wildman–Crippen LogP) is 2.00. The van der Waals surface area contributed by atoms with Gasteiger partial charge in [0.25, 0.3) is 0 Å². The van der Waals surface area contributed by atoms with Crippen molar-refractivity contribution in [1.82, 2.24) is 20.1 Å². The number of halogens is 1. The second kappa shape index (κ2) is 6.15. The molecule has 2 aromatic rings. The van der Waals surface area contributed by atoms with E-state index in [-0.39, 0.29) is 23.9 Å². The molecule has 0 amide bonds. The van der Waals surface area contributed by atoms with E-state index in [9.17, 15) is 0 Å². The number of rotatable bonds is 3. The van der Waals surface area contributed by atoms with E-state index in [0.717, 1.165) is 0 Å². The van der Waals surface area contributed by atoms with Gasteiger partial charge in [-0.3, -0.25) is 0 Å². The highest BCUT2D eigenvalue weighted by Crippen LogP contribution is 2.30. The quantitative estimate of drug-likeness (QED) is 0.925. The monoisotopic (exact) mass is 299 g/mol. The molecule has 0 aliphatic rings. The van der Waals surface area contributed by atoms with Crippen LogP contribution in [0.4, 0.5) is 0 Å². The first kappa shape index (κ1) is 16.3. The summed E-state index contributed by atoms with van der Waals surface area (Å²) in [5.74, 6) is 1.20. The molecule has 0 aliphatic heterocycles. The summed E-state index contributed by atoms with van der Waals surface area (Å²) >= 11 is 0. The fourth-order valence-corrected chi connectivity index (χ4v) is 1.41. The number of ether oxygens (including phenoxy) is 1. The lowest BCUT2D eigenvalue weighted by atomic mass is 9.87. The minimum absolute atomic E-state index is 0. The van der Waals surface area contributed by atoms with Crippen molar-refractivity contribution in [3.05, 3.63) is 18.3 Å². The number of nitrogens with two attached hydrogens (primary N) is 1. The van der Waals surface area contributed by atoms with E-state index in [0.29, 0.717) is 23.3 Å². The highest BCUT2D eigenvalue weighted by atomic mass is 35.5. The summed E-state index contributed by atoms with van der Waals surface area (Å²) in [6.45, 7) is 6.03. The Morgan fingerprint density at radius 3 is 2.60 bits per heavy atom. The van der Waals surface area contributed by atoms with Crippen molar-refractivity contribution in [2.45, 2.75) is 26.8 Å². The van der Waals surface area contributed by atoms with Crippen LogP contribution in [0.5, 0.6) is 5.88 Å². The molecule has 0 aliphatic carbocycles. The van der Waals surface area contributed by atoms with Gasteiger partial charge >= 0.3 is 0 Å². The molecule has 20 heavy (non-hydrogen) atoms. The largest absolute Gasteiger partial charge is 0.481 e. The van der Waals surface area contributed by atoms with Crippen LogP contribution < -0.4 is 10.5 Å². The molecule has 0 bridgehead atoms. The summed E-state index contributed by atoms with van der Waals surface area (Å²) in [7, 11) is 1.53. The first-order chi connectivity index (χ1) is 8.91. The van der Waals surface area contributed by atoms with Gasteiger partial charge in [0.15, 0.2) is 0 Å². The molecule has 0 radical (unpaired) electrons. The zero-order valence-electron chi connectivity index (χ0n) is 11.8. The van der Waals surface area contributed by atoms with Gasteiger partial charge in [0.05, 0.1) is 13.2 Å². The molecule has 0 saturated carbocycles. The second-order valence-electron chi connectivity index (χ2n) is 5.25. The van der Waals surface area contributed by atoms with Crippen LogP contribution in [0.3, 0.4) is 0 Å². The van der Waals surface area contributed by atoms with E-state index in [1.54, 1.807) is 6.07 Å². The Morgan fingerprint density at radius 1 is 1.30 bits per heavy atom. The van der Waals surface area contributed by atoms with Gasteiger partial charge in [-0.25, -0.2) is 9.97 Å². The van der Waals surface area contributed by atoms with Crippen LogP contribution in [-0.4, -0.2) is 27.2 Å². The van der Waals surface area contributed by atoms with Crippen molar-refractivity contribution in [2.24, 2.45) is 11.1 Å². The van der Waals surface area contributed by atoms with Gasteiger partial charge in [-0.05, 0) is 5.41 Å². The molecule has 8 heteroatoms. The Morgan fingerprint density at radius 2 is 2.00 bits per heavy atom. The molecule has 2 rings (SSSR count). The standard InChI is InChI=1S/C12H17N5O2.ClH/c1-12(2,3)9(13)11-16-10(17-19-11)7-5-8(18-4)15-6-14-7;/h5-6,9H,13H2,1-4H3;1H/t9-;/m1./s1. The molecule has 0 spiro atoms. The zero-order valence-corrected chi connectivity index (χ0v) is 12.6. The Hall–Kier alpha value is -1.73. The molecule has 1 atom stereocenters. The maximum Gasteiger partial charge on any atom is 0.244 e. The molecule has 110 valence electrons. The summed E-state index contributed by atoms with van der Waals surface area (Å²) in [4.78, 5) is 12.3. The fourth-order valence-electron chi connectivity index (χ4n) is 1.41. The number of aromatic nitrogens is 4. The SMILES string of the molecule is COc1cc(-c2noc([C@@H](N)C(C)(C)C)n2)ncn1.Cl. The average Bonchev–Trinajstić information content (AvgIpc) is 2.86. The van der Waals surface area contributed by atoms with Crippen LogP contribution in [-0.2, 0) is 0 Å². The molecular weight excluding hydrogens is 282 g/mol. The number of methoxy groups -OCH3 is 1. The van der Waals surface area contributed by atoms with E-state index < -0.39 is 0 Å². The fraction of sp³-hybridized carbons (Fsp3) is 0.500. The van der Waals surface area contributed by atoms with Crippen molar-refractivity contribution in [1.29, 1.82) is 0 Å². The highest BCUT2D eigenvalue weighted by Gasteiger charge is 2.28. The number of nitrogens with zero attached hydrogens (tertiary/aromatic N) is 4. The van der Waals surface area contributed by atoms with E-state index in [4.69, 9.17) is 15.0 Å². The topological polar surface area (TPSA) is 100.0 Å². The van der Waals surface area contributed by atoms with Crippen molar-refractivity contribution < 1.29 is 9.26 Å². The van der Waals surface area contributed by atoms with Crippen molar-refractivity contribution >= 4 is 12.4 Å². The minimum Gasteiger partial charge on any atom is -0.481 e. The maximum atomic E-state index is 6.07. The van der Waals surface area contributed by atoms with Crippen LogP contribution in [0.25, 0.3) is 11.5 Å². The van der Waals surface area contributed by atoms with Crippen LogP contribution in [0.15, 0.2) is 16.9 Å². The lowest BCUT2D eigenvalue weighted by molar-refractivity contribution is 0.253. The predicted molar refractivity (Wildman–Crippen MR) is 75.5 cm³/mol. The third kappa shape index (κ3) is 3.43. The lowest BCUT2D eigenvalue weighted by Gasteiger charge is -2.23. The molecule has 0 aromatic carbocycles. The zero-order chi connectivity index (χ0) is 14.0. The summed E-state index contributed by atoms with van der Waals surface area (Å²) in [6, 6.07) is 1.30. The summed E-state index contributed by atoms with van der Waals surface area (Å²) < 4.78 is 10.2. The van der Waals surface area contributed by atoms with Crippen LogP contribution in [0, 0.1) is 5.41 Å². The van der Waals surface area contributed by atoms with Crippen molar-refractivity contribution in [2.75, 3.05) is 7.11 Å². The van der Waals surface area contributed by atoms with Crippen LogP contribution in [0.2, 0.25) is 0 Å². The Kier molecular flexibility index (Phi) is 5.02. The van der Waals surface area contributed by atoms with Gasteiger partial charge < -0.3 is 15.0 Å². The van der Waals surface area contributed by atoms with E-state index >= 15 is 0 Å². The molecule has 0 fully saturated rings. The Balaban J connectivity index is 0.00000200. The van der Waals surface area contributed by atoms with Gasteiger partial charge in [-0.1, -0.05) is 25.9 Å². The summed E-state index contributed by atoms with van der Waals surface area (Å²) in [5.41, 5.74) is 6.44. The normalized spacial score (nSPS) is 12.7. The third-order valence-electron chi connectivity index (χ3n) is 2.72. The van der Waals surface area contributed by atoms with Gasteiger partial charge in [-0.15, -0.1) is 12.4 Å². The van der Waals surface area contributed by atoms with Crippen molar-refractivity contribution in [3.63, 3.8) is 0 Å². The summed E-state index contributed by atoms with van der Waals surface area (Å²) in [5, 5.41) is 3.88. The van der Waals surface area contributed by atoms with Gasteiger partial charge in [-0.2, -0.15) is 4.98 Å². The second-order valence-corrected chi connectivity index (χ2v) is 5.25. The van der Waals surface area contributed by atoms with E-state index in [1.165, 1.54) is 13.4 Å². The number of hydrogen-bond donors (Lipinski definition) is 1. The molecule has 7 nitrogen and oxygen atoms in total. The molecule has 0 saturated heterocycles. The van der Waals surface area contributed by atoms with Gasteiger partial charge in [0.1, 0.15) is 12.0 Å². The first-order valence-corrected chi connectivity index (χ1v) is 5.87. The smallest absolute Gasteiger partial charge is 0.244 e.